The van der Waals surface area contributed by atoms with Gasteiger partial charge < -0.3 is 20.5 Å². The molecule has 0 amide bonds. The summed E-state index contributed by atoms with van der Waals surface area (Å²) in [4.78, 5) is 32.2. The van der Waals surface area contributed by atoms with E-state index in [0.29, 0.717) is 24.3 Å². The molecule has 218 valence electrons. The zero-order valence-electron chi connectivity index (χ0n) is 21.5. The van der Waals surface area contributed by atoms with Crippen LogP contribution in [0, 0.1) is 18.8 Å². The molecule has 1 aliphatic heterocycles. The lowest BCUT2D eigenvalue weighted by Gasteiger charge is -2.27. The van der Waals surface area contributed by atoms with Crippen molar-refractivity contribution in [3.8, 4) is 17.7 Å². The third-order valence-electron chi connectivity index (χ3n) is 5.57. The smallest absolute Gasteiger partial charge is 0.475 e. The van der Waals surface area contributed by atoms with Gasteiger partial charge >= 0.3 is 17.8 Å². The van der Waals surface area contributed by atoms with E-state index in [-0.39, 0.29) is 30.2 Å². The lowest BCUT2D eigenvalue weighted by molar-refractivity contribution is -0.192. The van der Waals surface area contributed by atoms with Crippen molar-refractivity contribution >= 4 is 11.8 Å². The van der Waals surface area contributed by atoms with Crippen molar-refractivity contribution in [1.29, 1.82) is 0 Å². The van der Waals surface area contributed by atoms with Gasteiger partial charge in [0.25, 0.3) is 6.08 Å². The van der Waals surface area contributed by atoms with Gasteiger partial charge in [-0.3, -0.25) is 0 Å². The van der Waals surface area contributed by atoms with E-state index >= 15 is 0 Å². The molecule has 0 aromatic carbocycles. The number of nitrogens with zero attached hydrogens (tertiary/aromatic N) is 5. The molecule has 0 aliphatic carbocycles. The van der Waals surface area contributed by atoms with E-state index in [1.165, 1.54) is 10.8 Å². The van der Waals surface area contributed by atoms with Crippen molar-refractivity contribution in [2.24, 2.45) is 5.73 Å². The SMILES string of the molecule is Cc1cc(C#Cc2ccc(N3CCOCC3)nc2)cnc1-n1c(CC(CN)=C(F)F)n[nH]c1=O.O=C(O)C(F)(F)F. The number of morpholine rings is 1. The molecule has 0 radical (unpaired) electrons. The molecule has 16 heteroatoms. The first-order valence-corrected chi connectivity index (χ1v) is 11.9. The van der Waals surface area contributed by atoms with Gasteiger partial charge in [0.2, 0.25) is 0 Å². The molecule has 41 heavy (non-hydrogen) atoms. The fraction of sp³-hybridized carbons (Fsp3) is 0.320. The number of nitrogens with two attached hydrogens (primary N) is 1. The number of aromatic amines is 1. The fourth-order valence-electron chi connectivity index (χ4n) is 3.53. The number of rotatable bonds is 5. The fourth-order valence-corrected chi connectivity index (χ4v) is 3.53. The number of H-pyrrole nitrogens is 1. The van der Waals surface area contributed by atoms with E-state index in [1.54, 1.807) is 19.2 Å². The van der Waals surface area contributed by atoms with Gasteiger partial charge in [-0.25, -0.2) is 29.2 Å². The predicted molar refractivity (Wildman–Crippen MR) is 136 cm³/mol. The summed E-state index contributed by atoms with van der Waals surface area (Å²) in [5.74, 6) is 4.60. The van der Waals surface area contributed by atoms with E-state index < -0.39 is 23.9 Å². The number of anilines is 1. The lowest BCUT2D eigenvalue weighted by Crippen LogP contribution is -2.36. The highest BCUT2D eigenvalue weighted by Crippen LogP contribution is 2.17. The zero-order chi connectivity index (χ0) is 30.2. The highest BCUT2D eigenvalue weighted by molar-refractivity contribution is 5.73. The molecule has 0 bridgehead atoms. The molecular weight excluding hydrogens is 557 g/mol. The zero-order valence-corrected chi connectivity index (χ0v) is 21.5. The van der Waals surface area contributed by atoms with Crippen LogP contribution in [0.1, 0.15) is 22.5 Å². The maximum atomic E-state index is 13.0. The molecule has 4 rings (SSSR count). The van der Waals surface area contributed by atoms with E-state index in [1.807, 2.05) is 12.1 Å². The van der Waals surface area contributed by atoms with Crippen LogP contribution in [0.15, 0.2) is 47.0 Å². The van der Waals surface area contributed by atoms with E-state index in [2.05, 4.69) is 36.9 Å². The number of hydrogen-bond acceptors (Lipinski definition) is 8. The molecule has 1 fully saturated rings. The highest BCUT2D eigenvalue weighted by Gasteiger charge is 2.38. The molecule has 4 heterocycles. The maximum Gasteiger partial charge on any atom is 0.490 e. The first-order chi connectivity index (χ1) is 19.4. The van der Waals surface area contributed by atoms with E-state index in [9.17, 15) is 26.7 Å². The molecule has 3 aromatic rings. The minimum atomic E-state index is -5.08. The van der Waals surface area contributed by atoms with Crippen molar-refractivity contribution in [3.63, 3.8) is 0 Å². The Balaban J connectivity index is 0.000000587. The molecule has 11 nitrogen and oxygen atoms in total. The Morgan fingerprint density at radius 3 is 2.32 bits per heavy atom. The highest BCUT2D eigenvalue weighted by atomic mass is 19.4. The van der Waals surface area contributed by atoms with Crippen molar-refractivity contribution in [3.05, 3.63) is 75.2 Å². The normalized spacial score (nSPS) is 13.0. The molecule has 0 spiro atoms. The van der Waals surface area contributed by atoms with Crippen molar-refractivity contribution in [2.45, 2.75) is 19.5 Å². The average Bonchev–Trinajstić information content (AvgIpc) is 3.30. The summed E-state index contributed by atoms with van der Waals surface area (Å²) in [7, 11) is 0. The maximum absolute atomic E-state index is 13.0. The summed E-state index contributed by atoms with van der Waals surface area (Å²) >= 11 is 0. The summed E-state index contributed by atoms with van der Waals surface area (Å²) in [6.45, 7) is 4.41. The summed E-state index contributed by atoms with van der Waals surface area (Å²) in [6.07, 6.45) is -4.00. The van der Waals surface area contributed by atoms with Gasteiger partial charge in [0.05, 0.1) is 13.2 Å². The van der Waals surface area contributed by atoms with Crippen LogP contribution in [0.25, 0.3) is 5.82 Å². The van der Waals surface area contributed by atoms with Crippen LogP contribution < -0.4 is 16.3 Å². The Hall–Kier alpha value is -4.62. The summed E-state index contributed by atoms with van der Waals surface area (Å²) < 4.78 is 64.3. The van der Waals surface area contributed by atoms with Gasteiger partial charge in [0.1, 0.15) is 17.5 Å². The number of aromatic nitrogens is 5. The third kappa shape index (κ3) is 8.43. The van der Waals surface area contributed by atoms with E-state index in [0.717, 1.165) is 24.5 Å². The molecule has 0 saturated carbocycles. The van der Waals surface area contributed by atoms with Gasteiger partial charge in [0.15, 0.2) is 0 Å². The number of hydrogen-bond donors (Lipinski definition) is 3. The Bertz CT molecular complexity index is 1510. The number of ether oxygens (including phenoxy) is 1. The number of pyridine rings is 2. The second-order valence-electron chi connectivity index (χ2n) is 8.45. The standard InChI is InChI=1S/C23H23F2N7O2.C2HF3O2/c1-15-10-17(3-2-16-4-5-19(27-13-16)31-6-8-34-9-7-31)14-28-22(15)32-20(29-30-23(32)33)11-18(12-26)21(24)25;3-2(4,5)1(6)7/h4-5,10,13-14H,6-9,11-12,26H2,1H3,(H,30,33);(H,6,7). The monoisotopic (exact) mass is 581 g/mol. The Morgan fingerprint density at radius 1 is 1.15 bits per heavy atom. The minimum absolute atomic E-state index is 0.0964. The topological polar surface area (TPSA) is 152 Å². The molecule has 1 saturated heterocycles. The number of carboxylic acid groups (broad SMARTS) is 1. The Morgan fingerprint density at radius 2 is 1.78 bits per heavy atom. The molecule has 4 N–H and O–H groups in total. The first-order valence-electron chi connectivity index (χ1n) is 11.9. The Labute approximate surface area is 229 Å². The van der Waals surface area contributed by atoms with Crippen molar-refractivity contribution in [2.75, 3.05) is 37.7 Å². The van der Waals surface area contributed by atoms with Gasteiger partial charge in [-0.15, -0.1) is 0 Å². The number of halogens is 5. The van der Waals surface area contributed by atoms with Crippen molar-refractivity contribution < 1.29 is 36.6 Å². The minimum Gasteiger partial charge on any atom is -0.475 e. The van der Waals surface area contributed by atoms with Gasteiger partial charge in [-0.05, 0) is 30.7 Å². The summed E-state index contributed by atoms with van der Waals surface area (Å²) in [6, 6.07) is 5.60. The van der Waals surface area contributed by atoms with Crippen LogP contribution in [-0.4, -0.2) is 74.8 Å². The second kappa shape index (κ2) is 13.6. The quantitative estimate of drug-likeness (QED) is 0.304. The molecule has 3 aromatic heterocycles. The molecule has 1 aliphatic rings. The van der Waals surface area contributed by atoms with Gasteiger partial charge in [-0.2, -0.15) is 27.1 Å². The van der Waals surface area contributed by atoms with Crippen LogP contribution in [0.4, 0.5) is 27.8 Å². The van der Waals surface area contributed by atoms with Crippen LogP contribution in [0.3, 0.4) is 0 Å². The Kier molecular flexibility index (Phi) is 10.3. The third-order valence-corrected chi connectivity index (χ3v) is 5.57. The summed E-state index contributed by atoms with van der Waals surface area (Å²) in [5, 5.41) is 13.3. The average molecular weight is 582 g/mol. The molecule has 0 unspecified atom stereocenters. The number of nitrogens with one attached hydrogen (secondary N) is 1. The van der Waals surface area contributed by atoms with Crippen LogP contribution in [0.5, 0.6) is 0 Å². The van der Waals surface area contributed by atoms with Crippen molar-refractivity contribution in [1.82, 2.24) is 24.7 Å². The van der Waals surface area contributed by atoms with Gasteiger partial charge in [-0.1, -0.05) is 11.8 Å². The second-order valence-corrected chi connectivity index (χ2v) is 8.45. The number of aryl methyl sites for hydroxylation is 1. The van der Waals surface area contributed by atoms with Crippen LogP contribution in [0.2, 0.25) is 0 Å². The molecular formula is C25H24F5N7O4. The van der Waals surface area contributed by atoms with Gasteiger partial charge in [0, 0.05) is 55.1 Å². The number of carboxylic acids is 1. The number of aliphatic carboxylic acids is 1. The number of alkyl halides is 3. The lowest BCUT2D eigenvalue weighted by atomic mass is 10.1. The first kappa shape index (κ1) is 30.9. The summed E-state index contributed by atoms with van der Waals surface area (Å²) in [5.41, 5.74) is 6.53. The predicted octanol–water partition coefficient (Wildman–Crippen LogP) is 2.18. The van der Waals surface area contributed by atoms with E-state index in [4.69, 9.17) is 20.4 Å². The van der Waals surface area contributed by atoms with Crippen LogP contribution in [-0.2, 0) is 16.0 Å². The largest absolute Gasteiger partial charge is 0.490 e. The van der Waals surface area contributed by atoms with Crippen LogP contribution >= 0.6 is 0 Å². The molecule has 0 atom stereocenters. The number of carbonyl (C=O) groups is 1.